The van der Waals surface area contributed by atoms with Gasteiger partial charge in [-0.15, -0.1) is 0 Å². The molecular weight excluding hydrogens is 472 g/mol. The Kier molecular flexibility index (Phi) is 7.88. The monoisotopic (exact) mass is 494 g/mol. The highest BCUT2D eigenvalue weighted by atomic mass is 16.4. The molecule has 0 saturated carbocycles. The molecule has 4 rings (SSSR count). The molecule has 0 amide bonds. The SMILES string of the molecule is Cn1cnc2c1c(=O)[nH]c(=O)n2C.Cn1cnc2c1c(=O)[nH]c(=O)n2C.O=C(O)CC(O)C(=O)O. The van der Waals surface area contributed by atoms with Gasteiger partial charge < -0.3 is 24.5 Å². The minimum Gasteiger partial charge on any atom is -0.481 e. The number of nitrogens with one attached hydrogen (secondary N) is 2. The molecule has 1 atom stereocenters. The number of carboxylic acid groups (broad SMARTS) is 2. The van der Waals surface area contributed by atoms with Crippen LogP contribution in [0.25, 0.3) is 22.3 Å². The fourth-order valence-electron chi connectivity index (χ4n) is 2.78. The van der Waals surface area contributed by atoms with Crippen molar-refractivity contribution < 1.29 is 24.9 Å². The number of imidazole rings is 2. The van der Waals surface area contributed by atoms with E-state index >= 15 is 0 Å². The second-order valence-corrected chi connectivity index (χ2v) is 7.14. The maximum atomic E-state index is 11.3. The number of aliphatic hydroxyl groups is 1. The number of carboxylic acids is 2. The van der Waals surface area contributed by atoms with Crippen molar-refractivity contribution in [2.24, 2.45) is 28.2 Å². The minimum atomic E-state index is -1.79. The Labute approximate surface area is 193 Å². The number of rotatable bonds is 3. The number of aryl methyl sites for hydroxylation is 4. The maximum Gasteiger partial charge on any atom is 0.333 e. The van der Waals surface area contributed by atoms with Crippen LogP contribution < -0.4 is 22.5 Å². The minimum absolute atomic E-state index is 0.399. The molecule has 188 valence electrons. The molecule has 1 unspecified atom stereocenters. The average molecular weight is 494 g/mol. The van der Waals surface area contributed by atoms with Crippen molar-refractivity contribution >= 4 is 34.3 Å². The smallest absolute Gasteiger partial charge is 0.333 e. The number of hydrogen-bond acceptors (Lipinski definition) is 9. The van der Waals surface area contributed by atoms with Gasteiger partial charge in [0.15, 0.2) is 28.4 Å². The molecule has 0 spiro atoms. The van der Waals surface area contributed by atoms with Crippen LogP contribution in [-0.2, 0) is 37.8 Å². The first-order valence-electron chi connectivity index (χ1n) is 9.59. The van der Waals surface area contributed by atoms with E-state index in [-0.39, 0.29) is 0 Å². The Hall–Kier alpha value is -4.80. The lowest BCUT2D eigenvalue weighted by molar-refractivity contribution is -0.152. The standard InChI is InChI=1S/2C7H8N4O2.C4H6O5/c2*1-10-3-8-5-4(10)6(12)9-7(13)11(5)2;5-2(4(8)9)1-3(6)7/h2*3H,1-2H3,(H,9,12,13);2,5H,1H2,(H,6,7)(H,8,9). The van der Waals surface area contributed by atoms with Crippen LogP contribution in [0.3, 0.4) is 0 Å². The molecule has 0 aliphatic heterocycles. The highest BCUT2D eigenvalue weighted by Crippen LogP contribution is 2.01. The number of aliphatic hydroxyl groups excluding tert-OH is 1. The van der Waals surface area contributed by atoms with E-state index in [2.05, 4.69) is 19.9 Å². The summed E-state index contributed by atoms with van der Waals surface area (Å²) in [6.45, 7) is 0. The number of carbonyl (C=O) groups is 2. The number of aromatic nitrogens is 8. The molecule has 0 bridgehead atoms. The van der Waals surface area contributed by atoms with Crippen molar-refractivity contribution in [1.82, 2.24) is 38.2 Å². The molecule has 17 nitrogen and oxygen atoms in total. The van der Waals surface area contributed by atoms with Gasteiger partial charge in [0.1, 0.15) is 0 Å². The van der Waals surface area contributed by atoms with E-state index in [0.29, 0.717) is 22.3 Å². The summed E-state index contributed by atoms with van der Waals surface area (Å²) in [6.07, 6.45) is 0.455. The number of H-pyrrole nitrogens is 2. The van der Waals surface area contributed by atoms with Gasteiger partial charge in [0.2, 0.25) is 0 Å². The van der Waals surface area contributed by atoms with E-state index in [4.69, 9.17) is 15.3 Å². The number of aliphatic carboxylic acids is 2. The zero-order valence-corrected chi connectivity index (χ0v) is 18.9. The Balaban J connectivity index is 0.000000190. The third-order valence-electron chi connectivity index (χ3n) is 4.60. The zero-order valence-electron chi connectivity index (χ0n) is 18.9. The zero-order chi connectivity index (χ0) is 26.6. The van der Waals surface area contributed by atoms with Crippen LogP contribution in [0.2, 0.25) is 0 Å². The van der Waals surface area contributed by atoms with Crippen LogP contribution in [0.5, 0.6) is 0 Å². The molecule has 35 heavy (non-hydrogen) atoms. The molecule has 4 aromatic heterocycles. The first-order valence-corrected chi connectivity index (χ1v) is 9.59. The lowest BCUT2D eigenvalue weighted by Crippen LogP contribution is -2.28. The second kappa shape index (κ2) is 10.4. The van der Waals surface area contributed by atoms with Crippen molar-refractivity contribution in [3.63, 3.8) is 0 Å². The van der Waals surface area contributed by atoms with Gasteiger partial charge in [-0.1, -0.05) is 0 Å². The highest BCUT2D eigenvalue weighted by molar-refractivity contribution is 5.79. The van der Waals surface area contributed by atoms with Gasteiger partial charge in [0.25, 0.3) is 11.1 Å². The number of nitrogens with zero attached hydrogens (tertiary/aromatic N) is 6. The fourth-order valence-corrected chi connectivity index (χ4v) is 2.78. The lowest BCUT2D eigenvalue weighted by Gasteiger charge is -1.97. The number of aromatic amines is 2. The largest absolute Gasteiger partial charge is 0.481 e. The summed E-state index contributed by atoms with van der Waals surface area (Å²) in [5.41, 5.74) is -0.0969. The van der Waals surface area contributed by atoms with E-state index in [1.165, 1.54) is 21.8 Å². The normalized spacial score (nSPS) is 11.3. The first kappa shape index (κ1) is 26.5. The van der Waals surface area contributed by atoms with Gasteiger partial charge in [-0.05, 0) is 0 Å². The molecule has 5 N–H and O–H groups in total. The highest BCUT2D eigenvalue weighted by Gasteiger charge is 2.16. The van der Waals surface area contributed by atoms with E-state index in [1.807, 2.05) is 0 Å². The molecular formula is C18H22N8O9. The van der Waals surface area contributed by atoms with Crippen LogP contribution in [0, 0.1) is 0 Å². The maximum absolute atomic E-state index is 11.3. The lowest BCUT2D eigenvalue weighted by atomic mass is 10.3. The Morgan fingerprint density at radius 1 is 0.829 bits per heavy atom. The molecule has 0 radical (unpaired) electrons. The number of hydrogen-bond donors (Lipinski definition) is 5. The summed E-state index contributed by atoms with van der Waals surface area (Å²) in [5.74, 6) is -2.85. The van der Waals surface area contributed by atoms with Gasteiger partial charge in [-0.2, -0.15) is 0 Å². The average Bonchev–Trinajstić information content (AvgIpc) is 3.34. The summed E-state index contributed by atoms with van der Waals surface area (Å²) < 4.78 is 5.76. The van der Waals surface area contributed by atoms with Crippen molar-refractivity contribution in [3.8, 4) is 0 Å². The molecule has 0 saturated heterocycles. The van der Waals surface area contributed by atoms with E-state index < -0.39 is 47.0 Å². The van der Waals surface area contributed by atoms with Crippen LogP contribution in [-0.4, -0.2) is 71.6 Å². The summed E-state index contributed by atoms with van der Waals surface area (Å²) in [6, 6.07) is 0. The van der Waals surface area contributed by atoms with Crippen molar-refractivity contribution in [2.75, 3.05) is 0 Å². The Morgan fingerprint density at radius 2 is 1.20 bits per heavy atom. The third kappa shape index (κ3) is 5.77. The van der Waals surface area contributed by atoms with Crippen molar-refractivity contribution in [3.05, 3.63) is 54.3 Å². The summed E-state index contributed by atoms with van der Waals surface area (Å²) in [7, 11) is 6.53. The molecule has 4 aromatic rings. The second-order valence-electron chi connectivity index (χ2n) is 7.14. The first-order chi connectivity index (χ1) is 16.3. The number of fused-ring (bicyclic) bond motifs is 2. The van der Waals surface area contributed by atoms with Gasteiger partial charge in [-0.3, -0.25) is 33.5 Å². The quantitative estimate of drug-likeness (QED) is 0.190. The van der Waals surface area contributed by atoms with E-state index in [1.54, 1.807) is 37.3 Å². The predicted molar refractivity (Wildman–Crippen MR) is 119 cm³/mol. The predicted octanol–water partition coefficient (Wildman–Crippen LogP) is -3.17. The van der Waals surface area contributed by atoms with Crippen molar-refractivity contribution in [1.29, 1.82) is 0 Å². The summed E-state index contributed by atoms with van der Waals surface area (Å²) >= 11 is 0. The van der Waals surface area contributed by atoms with Gasteiger partial charge in [0, 0.05) is 28.2 Å². The Bertz CT molecular complexity index is 1530. The molecule has 4 heterocycles. The van der Waals surface area contributed by atoms with Gasteiger partial charge >= 0.3 is 23.3 Å². The topological polar surface area (TPSA) is 240 Å². The van der Waals surface area contributed by atoms with Crippen molar-refractivity contribution in [2.45, 2.75) is 12.5 Å². The van der Waals surface area contributed by atoms with Gasteiger partial charge in [0.05, 0.1) is 19.1 Å². The molecule has 0 fully saturated rings. The van der Waals surface area contributed by atoms with E-state index in [9.17, 15) is 28.8 Å². The van der Waals surface area contributed by atoms with Crippen LogP contribution in [0.4, 0.5) is 0 Å². The van der Waals surface area contributed by atoms with E-state index in [0.717, 1.165) is 0 Å². The van der Waals surface area contributed by atoms with Gasteiger partial charge in [-0.25, -0.2) is 24.4 Å². The van der Waals surface area contributed by atoms with Crippen LogP contribution in [0.15, 0.2) is 31.8 Å². The van der Waals surface area contributed by atoms with Crippen LogP contribution in [0.1, 0.15) is 6.42 Å². The fraction of sp³-hybridized carbons (Fsp3) is 0.333. The Morgan fingerprint density at radius 3 is 1.49 bits per heavy atom. The molecule has 0 aliphatic rings. The molecule has 17 heteroatoms. The molecule has 0 aromatic carbocycles. The summed E-state index contributed by atoms with van der Waals surface area (Å²) in [4.78, 5) is 76.6. The molecule has 0 aliphatic carbocycles. The summed E-state index contributed by atoms with van der Waals surface area (Å²) in [5, 5.41) is 24.1. The third-order valence-corrected chi connectivity index (χ3v) is 4.60. The van der Waals surface area contributed by atoms with Crippen LogP contribution >= 0.6 is 0 Å².